The van der Waals surface area contributed by atoms with Crippen LogP contribution in [0.4, 0.5) is 32.0 Å². The van der Waals surface area contributed by atoms with E-state index in [-0.39, 0.29) is 21.3 Å². The van der Waals surface area contributed by atoms with Crippen molar-refractivity contribution in [3.05, 3.63) is 58.1 Å². The van der Waals surface area contributed by atoms with Gasteiger partial charge in [-0.1, -0.05) is 56.1 Å². The van der Waals surface area contributed by atoms with Crippen LogP contribution in [0, 0.1) is 5.41 Å². The largest absolute Gasteiger partial charge is 0.573 e. The number of carbonyl (C=O) groups excluding carboxylic acids is 2. The molecule has 0 aliphatic carbocycles. The number of amides is 2. The first-order chi connectivity index (χ1) is 16.7. The molecule has 0 aromatic heterocycles. The third kappa shape index (κ3) is 6.09. The van der Waals surface area contributed by atoms with E-state index in [0.717, 1.165) is 17.0 Å². The van der Waals surface area contributed by atoms with Crippen molar-refractivity contribution in [2.75, 3.05) is 4.90 Å². The Balaban J connectivity index is 2.17. The molecule has 1 heterocycles. The number of anilines is 1. The highest BCUT2D eigenvalue weighted by Crippen LogP contribution is 2.46. The lowest BCUT2D eigenvalue weighted by Gasteiger charge is -2.42. The van der Waals surface area contributed by atoms with E-state index in [9.17, 15) is 35.9 Å². The molecule has 0 unspecified atom stereocenters. The van der Waals surface area contributed by atoms with E-state index < -0.39 is 53.6 Å². The summed E-state index contributed by atoms with van der Waals surface area (Å²) in [7, 11) is 0. The summed E-state index contributed by atoms with van der Waals surface area (Å²) in [6.07, 6.45) is -12.1. The normalized spacial score (nSPS) is 21.0. The van der Waals surface area contributed by atoms with Crippen molar-refractivity contribution in [2.45, 2.75) is 58.4 Å². The Bertz CT molecular complexity index is 1170. The molecule has 0 N–H and O–H groups in total. The van der Waals surface area contributed by atoms with E-state index in [2.05, 4.69) is 4.74 Å². The second-order valence-corrected chi connectivity index (χ2v) is 10.7. The highest BCUT2D eigenvalue weighted by molar-refractivity contribution is 6.35. The SMILES string of the molecule is CC(C)(C)[C@@H]1N([13c]2[13cH][13c](Cl)[13cH][13c](Cl)[13cH]2)C(=O)[C@@](C)(Cc2ccc(OC(F)(F)F)cc2)N1C(=O)C(F)(F)F. The number of rotatable bonds is 4. The highest BCUT2D eigenvalue weighted by atomic mass is 35.5. The molecular weight excluding hydrogens is 555 g/mol. The molecular formula is C24H22Cl2F6N2O3. The molecule has 0 bridgehead atoms. The van der Waals surface area contributed by atoms with Crippen molar-refractivity contribution < 1.29 is 40.7 Å². The summed E-state index contributed by atoms with van der Waals surface area (Å²) >= 11 is 12.2. The van der Waals surface area contributed by atoms with E-state index in [4.69, 9.17) is 23.2 Å². The molecule has 1 saturated heterocycles. The van der Waals surface area contributed by atoms with Gasteiger partial charge in [0, 0.05) is 27.6 Å². The van der Waals surface area contributed by atoms with Crippen LogP contribution >= 0.6 is 23.2 Å². The predicted molar refractivity (Wildman–Crippen MR) is 125 cm³/mol. The lowest BCUT2D eigenvalue weighted by Crippen LogP contribution is -2.59. The average molecular weight is 577 g/mol. The maximum Gasteiger partial charge on any atom is 0.573 e. The minimum atomic E-state index is -5.32. The van der Waals surface area contributed by atoms with Gasteiger partial charge in [0.2, 0.25) is 0 Å². The minimum Gasteiger partial charge on any atom is -0.406 e. The Hall–Kier alpha value is -2.66. The zero-order valence-electron chi connectivity index (χ0n) is 20.0. The van der Waals surface area contributed by atoms with Crippen LogP contribution in [0.3, 0.4) is 0 Å². The molecule has 2 atom stereocenters. The molecule has 2 aromatic carbocycles. The van der Waals surface area contributed by atoms with Crippen molar-refractivity contribution in [1.82, 2.24) is 4.90 Å². The zero-order valence-corrected chi connectivity index (χ0v) is 21.5. The van der Waals surface area contributed by atoms with Crippen molar-refractivity contribution in [1.29, 1.82) is 0 Å². The monoisotopic (exact) mass is 576 g/mol. The molecule has 13 heteroatoms. The fourth-order valence-corrected chi connectivity index (χ4v) is 4.92. The average Bonchev–Trinajstić information content (AvgIpc) is 2.94. The maximum absolute atomic E-state index is 13.9. The summed E-state index contributed by atoms with van der Waals surface area (Å²) in [4.78, 5) is 28.3. The van der Waals surface area contributed by atoms with Crippen LogP contribution in [0.15, 0.2) is 42.5 Å². The van der Waals surface area contributed by atoms with Gasteiger partial charge in [-0.2, -0.15) is 13.2 Å². The molecule has 0 saturated carbocycles. The first-order valence-electron chi connectivity index (χ1n) is 10.8. The second kappa shape index (κ2) is 9.58. The minimum absolute atomic E-state index is 0.0834. The number of hydrogen-bond donors (Lipinski definition) is 0. The van der Waals surface area contributed by atoms with Gasteiger partial charge in [-0.15, -0.1) is 13.2 Å². The molecule has 37 heavy (non-hydrogen) atoms. The summed E-state index contributed by atoms with van der Waals surface area (Å²) in [5.41, 5.74) is -2.89. The van der Waals surface area contributed by atoms with E-state index in [1.807, 2.05) is 0 Å². The molecule has 1 fully saturated rings. The lowest BCUT2D eigenvalue weighted by atomic mass is 9.87. The third-order valence-electron chi connectivity index (χ3n) is 5.77. The molecule has 3 rings (SSSR count). The predicted octanol–water partition coefficient (Wildman–Crippen LogP) is 7.00. The Kier molecular flexibility index (Phi) is 7.48. The van der Waals surface area contributed by atoms with Crippen LogP contribution < -0.4 is 9.64 Å². The van der Waals surface area contributed by atoms with E-state index in [0.29, 0.717) is 4.90 Å². The van der Waals surface area contributed by atoms with Crippen LogP contribution in [0.2, 0.25) is 10.0 Å². The first-order valence-corrected chi connectivity index (χ1v) is 11.5. The standard InChI is InChI=1S/C24H22Cl2F6N2O3/c1-21(2,3)18-33(16-10-14(25)9-15(26)11-16)19(35)22(4,34(18)20(36)23(27,28)29)12-13-5-7-17(8-6-13)37-24(30,31)32/h5-11,18H,12H2,1-4H3/t18-,22-/m1/s1/i9+1,10+1,11+1,14+1,15+1,16+1. The fourth-order valence-electron chi connectivity index (χ4n) is 4.41. The van der Waals surface area contributed by atoms with Crippen LogP contribution in [-0.2, 0) is 16.0 Å². The highest BCUT2D eigenvalue weighted by Gasteiger charge is 2.64. The number of nitrogens with zero attached hydrogens (tertiary/aromatic N) is 2. The van der Waals surface area contributed by atoms with Gasteiger partial charge in [-0.3, -0.25) is 19.4 Å². The topological polar surface area (TPSA) is 49.9 Å². The molecule has 0 spiro atoms. The van der Waals surface area contributed by atoms with Gasteiger partial charge in [0.25, 0.3) is 5.91 Å². The van der Waals surface area contributed by atoms with Gasteiger partial charge in [0.1, 0.15) is 17.5 Å². The summed E-state index contributed by atoms with van der Waals surface area (Å²) < 4.78 is 82.9. The van der Waals surface area contributed by atoms with Crippen molar-refractivity contribution in [3.63, 3.8) is 0 Å². The summed E-state index contributed by atoms with van der Waals surface area (Å²) in [6, 6.07) is 8.36. The van der Waals surface area contributed by atoms with Gasteiger partial charge in [-0.25, -0.2) is 0 Å². The van der Waals surface area contributed by atoms with Crippen LogP contribution in [0.1, 0.15) is 33.3 Å². The summed E-state index contributed by atoms with van der Waals surface area (Å²) in [6.45, 7) is 5.88. The third-order valence-corrected chi connectivity index (χ3v) is 6.20. The molecule has 2 aromatic rings. The Morgan fingerprint density at radius 1 is 0.973 bits per heavy atom. The van der Waals surface area contributed by atoms with Crippen LogP contribution in [-0.4, -0.2) is 41.0 Å². The van der Waals surface area contributed by atoms with Gasteiger partial charge < -0.3 is 4.74 Å². The maximum atomic E-state index is 13.9. The molecule has 1 aliphatic heterocycles. The number of benzene rings is 2. The van der Waals surface area contributed by atoms with Crippen LogP contribution in [0.25, 0.3) is 0 Å². The number of halogens is 8. The lowest BCUT2D eigenvalue weighted by molar-refractivity contribution is -0.274. The van der Waals surface area contributed by atoms with Crippen molar-refractivity contribution in [2.24, 2.45) is 5.41 Å². The van der Waals surface area contributed by atoms with Crippen molar-refractivity contribution in [3.8, 4) is 5.75 Å². The fraction of sp³-hybridized carbons (Fsp3) is 0.417. The number of alkyl halides is 6. The molecule has 2 amide bonds. The van der Waals surface area contributed by atoms with Crippen molar-refractivity contribution >= 4 is 40.7 Å². The smallest absolute Gasteiger partial charge is 0.406 e. The first kappa shape index (κ1) is 28.9. The van der Waals surface area contributed by atoms with E-state index >= 15 is 0 Å². The van der Waals surface area contributed by atoms with Gasteiger partial charge in [0.15, 0.2) is 0 Å². The second-order valence-electron chi connectivity index (χ2n) is 9.86. The van der Waals surface area contributed by atoms with Gasteiger partial charge in [-0.05, 0) is 42.8 Å². The number of hydrogen-bond acceptors (Lipinski definition) is 3. The van der Waals surface area contributed by atoms with Gasteiger partial charge >= 0.3 is 18.4 Å². The molecule has 1 aliphatic rings. The molecule has 5 nitrogen and oxygen atoms in total. The summed E-state index contributed by atoms with van der Waals surface area (Å²) in [5.74, 6) is -3.64. The molecule has 202 valence electrons. The Labute approximate surface area is 218 Å². The number of carbonyl (C=O) groups is 2. The number of ether oxygens (including phenoxy) is 1. The summed E-state index contributed by atoms with van der Waals surface area (Å²) in [5, 5.41) is 0.232. The Morgan fingerprint density at radius 3 is 1.92 bits per heavy atom. The molecule has 0 radical (unpaired) electrons. The van der Waals surface area contributed by atoms with Gasteiger partial charge in [0.05, 0.1) is 0 Å². The Morgan fingerprint density at radius 2 is 1.49 bits per heavy atom. The zero-order chi connectivity index (χ0) is 28.1. The van der Waals surface area contributed by atoms with Crippen LogP contribution in [0.5, 0.6) is 5.75 Å². The van der Waals surface area contributed by atoms with E-state index in [1.54, 1.807) is 20.8 Å². The van der Waals surface area contributed by atoms with E-state index in [1.165, 1.54) is 37.3 Å². The quantitative estimate of drug-likeness (QED) is 0.368.